The molecule has 5 nitrogen and oxygen atoms in total. The summed E-state index contributed by atoms with van der Waals surface area (Å²) in [6.07, 6.45) is 5.20. The maximum absolute atomic E-state index is 9.74. The van der Waals surface area contributed by atoms with Crippen molar-refractivity contribution in [3.05, 3.63) is 40.4 Å². The fourth-order valence-corrected chi connectivity index (χ4v) is 2.50. The first kappa shape index (κ1) is 17.2. The summed E-state index contributed by atoms with van der Waals surface area (Å²) in [7, 11) is 0. The van der Waals surface area contributed by atoms with Crippen molar-refractivity contribution < 1.29 is 32.3 Å². The van der Waals surface area contributed by atoms with Crippen LogP contribution in [0.3, 0.4) is 0 Å². The van der Waals surface area contributed by atoms with Crippen LogP contribution in [0.25, 0.3) is 12.2 Å². The molecule has 0 aliphatic heterocycles. The van der Waals surface area contributed by atoms with Crippen molar-refractivity contribution in [2.45, 2.75) is 13.5 Å². The number of aryl methyl sites for hydroxylation is 1. The Kier molecular flexibility index (Phi) is 5.92. The maximum Gasteiger partial charge on any atom is 0.220 e. The van der Waals surface area contributed by atoms with Crippen molar-refractivity contribution in [3.63, 3.8) is 0 Å². The Bertz CT molecular complexity index is 683. The standard InChI is InChI=1S/C14H14N2O3S.BrH/c1-3-8-16-12(20-9(2)15-16)7-5-10-4-6-11(17)14(19)13(10)18;/h3-7H,1,8H2,2H3,(H2-,17,18,19);1H. The number of nitrogens with zero attached hydrogens (tertiary/aromatic N) is 2. The van der Waals surface area contributed by atoms with Crippen LogP contribution in [0.5, 0.6) is 17.2 Å². The van der Waals surface area contributed by atoms with Gasteiger partial charge in [-0.05, 0) is 12.1 Å². The first-order chi connectivity index (χ1) is 9.52. The Balaban J connectivity index is 0.00000220. The zero-order valence-corrected chi connectivity index (χ0v) is 13.7. The molecule has 7 heteroatoms. The lowest BCUT2D eigenvalue weighted by Gasteiger charge is -2.01. The molecule has 0 aliphatic rings. The second-order valence-electron chi connectivity index (χ2n) is 4.13. The number of hydrogen-bond acceptors (Lipinski definition) is 5. The highest BCUT2D eigenvalue weighted by atomic mass is 79.9. The second-order valence-corrected chi connectivity index (χ2v) is 5.35. The number of hydrogen-bond donors (Lipinski definition) is 3. The van der Waals surface area contributed by atoms with Crippen molar-refractivity contribution in [1.29, 1.82) is 0 Å². The topological polar surface area (TPSA) is 78.5 Å². The predicted molar refractivity (Wildman–Crippen MR) is 79.8 cm³/mol. The highest BCUT2D eigenvalue weighted by molar-refractivity contribution is 7.12. The zero-order valence-electron chi connectivity index (χ0n) is 11.3. The van der Waals surface area contributed by atoms with Gasteiger partial charge in [0.15, 0.2) is 11.5 Å². The van der Waals surface area contributed by atoms with Crippen LogP contribution >= 0.6 is 11.3 Å². The van der Waals surface area contributed by atoms with Crippen LogP contribution in [0.1, 0.15) is 15.6 Å². The van der Waals surface area contributed by atoms with E-state index >= 15 is 0 Å². The largest absolute Gasteiger partial charge is 1.00 e. The molecule has 0 amide bonds. The molecule has 112 valence electrons. The van der Waals surface area contributed by atoms with Crippen LogP contribution in [0.2, 0.25) is 0 Å². The first-order valence-electron chi connectivity index (χ1n) is 5.93. The molecular weight excluding hydrogens is 356 g/mol. The van der Waals surface area contributed by atoms with E-state index in [0.29, 0.717) is 12.1 Å². The molecule has 0 fully saturated rings. The van der Waals surface area contributed by atoms with Crippen LogP contribution in [0.15, 0.2) is 24.8 Å². The van der Waals surface area contributed by atoms with E-state index in [2.05, 4.69) is 11.7 Å². The van der Waals surface area contributed by atoms with Gasteiger partial charge in [-0.25, -0.2) is 0 Å². The third-order valence-corrected chi connectivity index (χ3v) is 3.57. The summed E-state index contributed by atoms with van der Waals surface area (Å²) in [5.74, 6) is -1.22. The summed E-state index contributed by atoms with van der Waals surface area (Å²) in [6, 6.07) is 2.84. The monoisotopic (exact) mass is 370 g/mol. The smallest absolute Gasteiger partial charge is 0.220 e. The first-order valence-corrected chi connectivity index (χ1v) is 6.75. The average Bonchev–Trinajstić information content (AvgIpc) is 2.76. The molecule has 0 bridgehead atoms. The van der Waals surface area contributed by atoms with Crippen molar-refractivity contribution in [2.75, 3.05) is 0 Å². The molecular formula is C14H15BrN2O3S. The van der Waals surface area contributed by atoms with Gasteiger partial charge >= 0.3 is 0 Å². The quantitative estimate of drug-likeness (QED) is 0.402. The number of aromatic nitrogens is 2. The van der Waals surface area contributed by atoms with Gasteiger partial charge in [0.25, 0.3) is 0 Å². The van der Waals surface area contributed by atoms with Gasteiger partial charge in [-0.1, -0.05) is 11.2 Å². The number of phenols is 3. The van der Waals surface area contributed by atoms with E-state index in [0.717, 1.165) is 10.0 Å². The normalized spacial score (nSPS) is 10.5. The van der Waals surface area contributed by atoms with Crippen molar-refractivity contribution in [2.24, 2.45) is 0 Å². The van der Waals surface area contributed by atoms with Gasteiger partial charge in [-0.15, -0.1) is 6.58 Å². The molecule has 3 N–H and O–H groups in total. The highest BCUT2D eigenvalue weighted by Gasteiger charge is 2.13. The molecule has 1 aromatic heterocycles. The van der Waals surface area contributed by atoms with Crippen molar-refractivity contribution >= 4 is 23.5 Å². The van der Waals surface area contributed by atoms with Crippen LogP contribution < -0.4 is 17.0 Å². The van der Waals surface area contributed by atoms with E-state index in [4.69, 9.17) is 0 Å². The Morgan fingerprint density at radius 3 is 2.71 bits per heavy atom. The van der Waals surface area contributed by atoms with E-state index in [1.54, 1.807) is 22.9 Å². The van der Waals surface area contributed by atoms with Gasteiger partial charge in [-0.2, -0.15) is 4.68 Å². The van der Waals surface area contributed by atoms with Crippen LogP contribution in [0, 0.1) is 6.92 Å². The molecule has 0 atom stereocenters. The van der Waals surface area contributed by atoms with E-state index < -0.39 is 5.75 Å². The Morgan fingerprint density at radius 2 is 2.05 bits per heavy atom. The number of phenolic OH excluding ortho intramolecular Hbond substituents is 3. The molecule has 21 heavy (non-hydrogen) atoms. The zero-order chi connectivity index (χ0) is 14.7. The molecule has 0 aliphatic carbocycles. The van der Waals surface area contributed by atoms with Crippen LogP contribution in [-0.2, 0) is 6.54 Å². The maximum atomic E-state index is 9.74. The van der Waals surface area contributed by atoms with E-state index in [1.807, 2.05) is 6.92 Å². The number of benzene rings is 1. The Hall–Kier alpha value is -1.86. The molecule has 1 aromatic carbocycles. The lowest BCUT2D eigenvalue weighted by atomic mass is 10.1. The van der Waals surface area contributed by atoms with Crippen LogP contribution in [-0.4, -0.2) is 25.1 Å². The Morgan fingerprint density at radius 1 is 1.33 bits per heavy atom. The average molecular weight is 371 g/mol. The minimum atomic E-state index is -0.522. The number of aromatic hydroxyl groups is 3. The van der Waals surface area contributed by atoms with E-state index in [9.17, 15) is 15.3 Å². The third kappa shape index (κ3) is 3.83. The molecule has 0 saturated carbocycles. The predicted octanol–water partition coefficient (Wildman–Crippen LogP) is 0.0113. The van der Waals surface area contributed by atoms with Crippen molar-refractivity contribution in [1.82, 2.24) is 9.78 Å². The Labute approximate surface area is 136 Å². The molecule has 0 unspecified atom stereocenters. The van der Waals surface area contributed by atoms with Gasteiger partial charge in [0.05, 0.1) is 18.2 Å². The minimum Gasteiger partial charge on any atom is -1.00 e. The fraction of sp³-hybridized carbons (Fsp3) is 0.143. The molecule has 1 heterocycles. The highest BCUT2D eigenvalue weighted by Crippen LogP contribution is 2.37. The lowest BCUT2D eigenvalue weighted by molar-refractivity contribution is -0.00000664. The lowest BCUT2D eigenvalue weighted by Crippen LogP contribution is -3.00. The van der Waals surface area contributed by atoms with E-state index in [-0.39, 0.29) is 28.5 Å². The summed E-state index contributed by atoms with van der Waals surface area (Å²) in [5.41, 5.74) is 0.413. The summed E-state index contributed by atoms with van der Waals surface area (Å²) in [4.78, 5) is 0. The summed E-state index contributed by atoms with van der Waals surface area (Å²) >= 11 is 1.51. The number of rotatable bonds is 4. The SMILES string of the molecule is C=CCn1nc(C)s[c+]1C=Cc1ccc(O)c(O)c1O.[Br-]. The second kappa shape index (κ2) is 7.24. The minimum absolute atomic E-state index is 0. The number of allylic oxidation sites excluding steroid dienone is 1. The van der Waals surface area contributed by atoms with Gasteiger partial charge in [0.1, 0.15) is 0 Å². The molecule has 2 aromatic rings. The summed E-state index contributed by atoms with van der Waals surface area (Å²) < 4.78 is 1.79. The third-order valence-electron chi connectivity index (χ3n) is 2.64. The molecule has 2 rings (SSSR count). The van der Waals surface area contributed by atoms with Gasteiger partial charge < -0.3 is 32.3 Å². The fourth-order valence-electron chi connectivity index (χ4n) is 1.70. The summed E-state index contributed by atoms with van der Waals surface area (Å²) in [5, 5.41) is 34.6. The van der Waals surface area contributed by atoms with E-state index in [1.165, 1.54) is 23.5 Å². The summed E-state index contributed by atoms with van der Waals surface area (Å²) in [6.45, 7) is 6.18. The van der Waals surface area contributed by atoms with Crippen LogP contribution in [0.4, 0.5) is 0 Å². The molecule has 0 radical (unpaired) electrons. The van der Waals surface area contributed by atoms with Gasteiger partial charge in [0, 0.05) is 24.3 Å². The molecule has 0 saturated heterocycles. The number of halogens is 1. The van der Waals surface area contributed by atoms with Gasteiger partial charge in [0.2, 0.25) is 15.8 Å². The van der Waals surface area contributed by atoms with Gasteiger partial charge in [-0.3, -0.25) is 0 Å². The van der Waals surface area contributed by atoms with Crippen molar-refractivity contribution in [3.8, 4) is 17.2 Å². The molecule has 0 spiro atoms.